The molecule has 1 aliphatic heterocycles. The minimum atomic E-state index is -1.11. The second-order valence-corrected chi connectivity index (χ2v) is 7.90. The van der Waals surface area contributed by atoms with Crippen molar-refractivity contribution in [1.82, 2.24) is 0 Å². The van der Waals surface area contributed by atoms with Crippen LogP contribution in [0.15, 0.2) is 41.2 Å². The molecule has 1 aromatic heterocycles. The van der Waals surface area contributed by atoms with Gasteiger partial charge in [-0.3, -0.25) is 14.4 Å². The van der Waals surface area contributed by atoms with Crippen molar-refractivity contribution in [3.63, 3.8) is 0 Å². The van der Waals surface area contributed by atoms with Gasteiger partial charge in [-0.2, -0.15) is 0 Å². The first-order valence-corrected chi connectivity index (χ1v) is 10.4. The highest BCUT2D eigenvalue weighted by Gasteiger charge is 2.47. The van der Waals surface area contributed by atoms with Gasteiger partial charge in [-0.1, -0.05) is 0 Å². The number of benzene rings is 1. The molecule has 3 rings (SSSR count). The van der Waals surface area contributed by atoms with Crippen LogP contribution in [0.5, 0.6) is 5.75 Å². The maximum atomic E-state index is 14.0. The third kappa shape index (κ3) is 5.78. The molecule has 8 nitrogen and oxygen atoms in total. The van der Waals surface area contributed by atoms with Gasteiger partial charge in [-0.25, -0.2) is 4.39 Å². The van der Waals surface area contributed by atoms with Gasteiger partial charge in [0.05, 0.1) is 12.5 Å². The lowest BCUT2D eigenvalue weighted by Crippen LogP contribution is -2.55. The maximum Gasteiger partial charge on any atom is 0.303 e. The summed E-state index contributed by atoms with van der Waals surface area (Å²) in [5.74, 6) is -2.00. The van der Waals surface area contributed by atoms with E-state index in [1.807, 2.05) is 0 Å². The van der Waals surface area contributed by atoms with Crippen molar-refractivity contribution in [2.75, 3.05) is 5.75 Å². The van der Waals surface area contributed by atoms with E-state index < -0.39 is 47.5 Å². The van der Waals surface area contributed by atoms with Crippen LogP contribution in [0.4, 0.5) is 4.39 Å². The van der Waals surface area contributed by atoms with Crippen molar-refractivity contribution in [3.8, 4) is 16.9 Å². The van der Waals surface area contributed by atoms with E-state index in [2.05, 4.69) is 0 Å². The molecular formula is C21H21FO8S. The number of thioether (sulfide) groups is 1. The number of furan rings is 1. The van der Waals surface area contributed by atoms with Gasteiger partial charge >= 0.3 is 17.9 Å². The van der Waals surface area contributed by atoms with Crippen LogP contribution in [0.1, 0.15) is 20.8 Å². The Morgan fingerprint density at radius 3 is 2.29 bits per heavy atom. The summed E-state index contributed by atoms with van der Waals surface area (Å²) < 4.78 is 41.1. The molecule has 4 atom stereocenters. The molecule has 166 valence electrons. The number of ether oxygens (including phenoxy) is 4. The Balaban J connectivity index is 1.94. The standard InChI is InChI=1S/C21H21FO8S/c1-11(23)27-18-10-31-21(20(29-13(3)25)19(18)28-12(2)24)30-17-8-15(22)4-5-16(17)14-6-7-26-9-14/h4-9,18-21H,10H2,1-3H3/t18-,19+,20-,21+/m1/s1. The molecule has 0 unspecified atom stereocenters. The summed E-state index contributed by atoms with van der Waals surface area (Å²) in [6.07, 6.45) is -0.0976. The van der Waals surface area contributed by atoms with E-state index >= 15 is 0 Å². The zero-order valence-electron chi connectivity index (χ0n) is 17.0. The summed E-state index contributed by atoms with van der Waals surface area (Å²) >= 11 is 1.19. The molecule has 2 aromatic rings. The Morgan fingerprint density at radius 2 is 1.68 bits per heavy atom. The molecule has 0 amide bonds. The van der Waals surface area contributed by atoms with E-state index in [4.69, 9.17) is 23.4 Å². The summed E-state index contributed by atoms with van der Waals surface area (Å²) in [6, 6.07) is 5.71. The lowest BCUT2D eigenvalue weighted by Gasteiger charge is -2.40. The summed E-state index contributed by atoms with van der Waals surface area (Å²) in [4.78, 5) is 35.0. The topological polar surface area (TPSA) is 101 Å². The molecule has 1 aliphatic rings. The third-order valence-corrected chi connectivity index (χ3v) is 5.54. The normalized spacial score (nSPS) is 23.0. The molecule has 0 saturated carbocycles. The average molecular weight is 452 g/mol. The zero-order valence-corrected chi connectivity index (χ0v) is 17.8. The highest BCUT2D eigenvalue weighted by Crippen LogP contribution is 2.38. The number of rotatable bonds is 6. The zero-order chi connectivity index (χ0) is 22.5. The predicted octanol–water partition coefficient (Wildman–Crippen LogP) is 3.33. The molecular weight excluding hydrogens is 431 g/mol. The van der Waals surface area contributed by atoms with Crippen LogP contribution >= 0.6 is 11.8 Å². The van der Waals surface area contributed by atoms with Gasteiger partial charge in [0.25, 0.3) is 0 Å². The van der Waals surface area contributed by atoms with Crippen LogP contribution in [0.2, 0.25) is 0 Å². The molecule has 31 heavy (non-hydrogen) atoms. The predicted molar refractivity (Wildman–Crippen MR) is 108 cm³/mol. The first kappa shape index (κ1) is 22.7. The van der Waals surface area contributed by atoms with Gasteiger partial charge in [-0.15, -0.1) is 11.8 Å². The Labute approximate surface area is 182 Å². The number of carbonyl (C=O) groups excluding carboxylic acids is 3. The van der Waals surface area contributed by atoms with Crippen molar-refractivity contribution >= 4 is 29.7 Å². The van der Waals surface area contributed by atoms with Crippen LogP contribution in [0, 0.1) is 5.82 Å². The fourth-order valence-corrected chi connectivity index (χ4v) is 4.39. The monoisotopic (exact) mass is 452 g/mol. The molecule has 0 aliphatic carbocycles. The number of carbonyl (C=O) groups is 3. The Bertz CT molecular complexity index is 945. The van der Waals surface area contributed by atoms with Gasteiger partial charge in [-0.05, 0) is 18.2 Å². The van der Waals surface area contributed by atoms with Crippen molar-refractivity contribution in [2.45, 2.75) is 44.5 Å². The SMILES string of the molecule is CC(=O)O[C@@H]1[C@@H](OC(C)=O)[C@@H](Oc2cc(F)ccc2-c2ccoc2)SC[C@H]1OC(C)=O. The number of hydrogen-bond acceptors (Lipinski definition) is 9. The van der Waals surface area contributed by atoms with Gasteiger partial charge in [0, 0.05) is 43.7 Å². The van der Waals surface area contributed by atoms with E-state index in [0.29, 0.717) is 11.1 Å². The fourth-order valence-electron chi connectivity index (χ4n) is 3.18. The Kier molecular flexibility index (Phi) is 7.21. The van der Waals surface area contributed by atoms with Gasteiger partial charge in [0.1, 0.15) is 11.6 Å². The van der Waals surface area contributed by atoms with E-state index in [0.717, 1.165) is 0 Å². The van der Waals surface area contributed by atoms with Gasteiger partial charge < -0.3 is 23.4 Å². The lowest BCUT2D eigenvalue weighted by molar-refractivity contribution is -0.186. The molecule has 10 heteroatoms. The molecule has 1 saturated heterocycles. The first-order chi connectivity index (χ1) is 14.7. The first-order valence-electron chi connectivity index (χ1n) is 9.36. The van der Waals surface area contributed by atoms with Crippen molar-refractivity contribution in [3.05, 3.63) is 42.6 Å². The Hall–Kier alpha value is -3.01. The highest BCUT2D eigenvalue weighted by molar-refractivity contribution is 7.99. The molecule has 2 heterocycles. The largest absolute Gasteiger partial charge is 0.475 e. The van der Waals surface area contributed by atoms with Crippen LogP contribution in [0.25, 0.3) is 11.1 Å². The molecule has 0 N–H and O–H groups in total. The average Bonchev–Trinajstić information content (AvgIpc) is 3.20. The summed E-state index contributed by atoms with van der Waals surface area (Å²) in [5.41, 5.74) is 0.352. The van der Waals surface area contributed by atoms with Crippen molar-refractivity contribution in [1.29, 1.82) is 0 Å². The second kappa shape index (κ2) is 9.86. The lowest BCUT2D eigenvalue weighted by atomic mass is 10.1. The molecule has 1 fully saturated rings. The van der Waals surface area contributed by atoms with Crippen molar-refractivity contribution < 1.29 is 42.1 Å². The quantitative estimate of drug-likeness (QED) is 0.482. The Morgan fingerprint density at radius 1 is 1.00 bits per heavy atom. The second-order valence-electron chi connectivity index (χ2n) is 6.77. The van der Waals surface area contributed by atoms with E-state index in [1.165, 1.54) is 63.3 Å². The van der Waals surface area contributed by atoms with E-state index in [9.17, 15) is 18.8 Å². The highest BCUT2D eigenvalue weighted by atomic mass is 32.2. The van der Waals surface area contributed by atoms with Crippen LogP contribution in [0.3, 0.4) is 0 Å². The summed E-state index contributed by atoms with van der Waals surface area (Å²) in [7, 11) is 0. The number of halogens is 1. The third-order valence-electron chi connectivity index (χ3n) is 4.32. The number of esters is 3. The van der Waals surface area contributed by atoms with E-state index in [1.54, 1.807) is 6.07 Å². The minimum Gasteiger partial charge on any atom is -0.475 e. The molecule has 0 bridgehead atoms. The smallest absolute Gasteiger partial charge is 0.303 e. The van der Waals surface area contributed by atoms with Crippen LogP contribution in [-0.2, 0) is 28.6 Å². The fraction of sp³-hybridized carbons (Fsp3) is 0.381. The molecule has 0 spiro atoms. The summed E-state index contributed by atoms with van der Waals surface area (Å²) in [6.45, 7) is 3.61. The van der Waals surface area contributed by atoms with Crippen molar-refractivity contribution in [2.24, 2.45) is 0 Å². The molecule has 1 aromatic carbocycles. The minimum absolute atomic E-state index is 0.184. The maximum absolute atomic E-state index is 14.0. The van der Waals surface area contributed by atoms with Gasteiger partial charge in [0.2, 0.25) is 0 Å². The van der Waals surface area contributed by atoms with Gasteiger partial charge in [0.15, 0.2) is 23.7 Å². The van der Waals surface area contributed by atoms with E-state index in [-0.39, 0.29) is 11.5 Å². The molecule has 0 radical (unpaired) electrons. The van der Waals surface area contributed by atoms with Crippen LogP contribution < -0.4 is 4.74 Å². The summed E-state index contributed by atoms with van der Waals surface area (Å²) in [5, 5.41) is 0. The van der Waals surface area contributed by atoms with Crippen LogP contribution in [-0.4, -0.2) is 47.4 Å². The number of hydrogen-bond donors (Lipinski definition) is 0.